The molecule has 0 spiro atoms. The second-order valence-electron chi connectivity index (χ2n) is 5.59. The number of nitrogens with zero attached hydrogens (tertiary/aromatic N) is 1. The van der Waals surface area contributed by atoms with Crippen LogP contribution in [0.2, 0.25) is 0 Å². The van der Waals surface area contributed by atoms with Crippen LogP contribution in [0.15, 0.2) is 24.3 Å². The van der Waals surface area contributed by atoms with Gasteiger partial charge < -0.3 is 11.1 Å². The molecule has 1 aliphatic rings. The van der Waals surface area contributed by atoms with Crippen molar-refractivity contribution in [2.24, 2.45) is 11.7 Å². The van der Waals surface area contributed by atoms with E-state index in [2.05, 4.69) is 19.2 Å². The summed E-state index contributed by atoms with van der Waals surface area (Å²) in [7, 11) is 0. The fourth-order valence-electron chi connectivity index (χ4n) is 2.20. The quantitative estimate of drug-likeness (QED) is 0.866. The first-order valence-corrected chi connectivity index (χ1v) is 6.46. The zero-order chi connectivity index (χ0) is 14.0. The number of hydrogen-bond acceptors (Lipinski definition) is 3. The summed E-state index contributed by atoms with van der Waals surface area (Å²) in [5.74, 6) is -0.00749. The van der Waals surface area contributed by atoms with Gasteiger partial charge in [0, 0.05) is 24.3 Å². The second kappa shape index (κ2) is 5.27. The standard InChI is InChI=1S/C14H20FN3O/c1-10(2)14(16)8-18(9-14)7-13(19)17-12-5-3-11(15)4-6-12/h3-6,10H,7-9,16H2,1-2H3,(H,17,19). The van der Waals surface area contributed by atoms with Crippen molar-refractivity contribution in [3.63, 3.8) is 0 Å². The van der Waals surface area contributed by atoms with E-state index in [9.17, 15) is 9.18 Å². The van der Waals surface area contributed by atoms with Gasteiger partial charge in [0.1, 0.15) is 5.82 Å². The maximum absolute atomic E-state index is 12.7. The minimum Gasteiger partial charge on any atom is -0.325 e. The number of nitrogens with one attached hydrogen (secondary N) is 1. The van der Waals surface area contributed by atoms with E-state index < -0.39 is 0 Å². The lowest BCUT2D eigenvalue weighted by atomic mass is 9.80. The van der Waals surface area contributed by atoms with Gasteiger partial charge in [-0.15, -0.1) is 0 Å². The summed E-state index contributed by atoms with van der Waals surface area (Å²) in [5.41, 5.74) is 6.60. The molecule has 1 heterocycles. The molecule has 19 heavy (non-hydrogen) atoms. The summed E-state index contributed by atoms with van der Waals surface area (Å²) in [6, 6.07) is 5.74. The average Bonchev–Trinajstić information content (AvgIpc) is 2.29. The van der Waals surface area contributed by atoms with E-state index in [1.165, 1.54) is 12.1 Å². The highest BCUT2D eigenvalue weighted by molar-refractivity contribution is 5.92. The second-order valence-corrected chi connectivity index (χ2v) is 5.59. The molecule has 1 fully saturated rings. The van der Waals surface area contributed by atoms with Crippen molar-refractivity contribution in [2.75, 3.05) is 25.0 Å². The van der Waals surface area contributed by atoms with Gasteiger partial charge in [-0.1, -0.05) is 13.8 Å². The summed E-state index contributed by atoms with van der Waals surface area (Å²) in [5, 5.41) is 2.74. The Bertz CT molecular complexity index is 452. The number of hydrogen-bond donors (Lipinski definition) is 2. The Morgan fingerprint density at radius 3 is 2.53 bits per heavy atom. The van der Waals surface area contributed by atoms with E-state index in [0.717, 1.165) is 13.1 Å². The lowest BCUT2D eigenvalue weighted by molar-refractivity contribution is -0.119. The number of halogens is 1. The number of amides is 1. The molecule has 3 N–H and O–H groups in total. The molecular weight excluding hydrogens is 245 g/mol. The summed E-state index contributed by atoms with van der Waals surface area (Å²) in [6.45, 7) is 5.98. The molecule has 5 heteroatoms. The third kappa shape index (κ3) is 3.30. The zero-order valence-electron chi connectivity index (χ0n) is 11.3. The molecule has 0 atom stereocenters. The number of carbonyl (C=O) groups excluding carboxylic acids is 1. The highest BCUT2D eigenvalue weighted by Gasteiger charge is 2.42. The Balaban J connectivity index is 1.79. The first-order valence-electron chi connectivity index (χ1n) is 6.46. The van der Waals surface area contributed by atoms with Crippen LogP contribution in [0.1, 0.15) is 13.8 Å². The topological polar surface area (TPSA) is 58.4 Å². The maximum Gasteiger partial charge on any atom is 0.238 e. The van der Waals surface area contributed by atoms with Gasteiger partial charge in [-0.05, 0) is 30.2 Å². The number of nitrogens with two attached hydrogens (primary N) is 1. The summed E-state index contributed by atoms with van der Waals surface area (Å²) in [6.07, 6.45) is 0. The monoisotopic (exact) mass is 265 g/mol. The Morgan fingerprint density at radius 2 is 2.00 bits per heavy atom. The van der Waals surface area contributed by atoms with Gasteiger partial charge >= 0.3 is 0 Å². The van der Waals surface area contributed by atoms with E-state index in [0.29, 0.717) is 18.2 Å². The Morgan fingerprint density at radius 1 is 1.42 bits per heavy atom. The van der Waals surface area contributed by atoms with Crippen molar-refractivity contribution in [2.45, 2.75) is 19.4 Å². The Labute approximate surface area is 112 Å². The fraction of sp³-hybridized carbons (Fsp3) is 0.500. The Hall–Kier alpha value is -1.46. The number of benzene rings is 1. The lowest BCUT2D eigenvalue weighted by Gasteiger charge is -2.50. The molecule has 0 saturated carbocycles. The van der Waals surface area contributed by atoms with Gasteiger partial charge in [0.2, 0.25) is 5.91 Å². The molecule has 0 radical (unpaired) electrons. The minimum atomic E-state index is -0.314. The van der Waals surface area contributed by atoms with Crippen LogP contribution >= 0.6 is 0 Å². The van der Waals surface area contributed by atoms with Gasteiger partial charge in [0.25, 0.3) is 0 Å². The van der Waals surface area contributed by atoms with E-state index in [-0.39, 0.29) is 17.3 Å². The van der Waals surface area contributed by atoms with Crippen LogP contribution in [0.3, 0.4) is 0 Å². The van der Waals surface area contributed by atoms with Crippen LogP contribution in [0, 0.1) is 11.7 Å². The largest absolute Gasteiger partial charge is 0.325 e. The summed E-state index contributed by atoms with van der Waals surface area (Å²) >= 11 is 0. The predicted octanol–water partition coefficient (Wildman–Crippen LogP) is 1.43. The highest BCUT2D eigenvalue weighted by atomic mass is 19.1. The van der Waals surface area contributed by atoms with E-state index >= 15 is 0 Å². The molecule has 2 rings (SSSR count). The molecule has 0 unspecified atom stereocenters. The molecule has 1 amide bonds. The van der Waals surface area contributed by atoms with Gasteiger partial charge in [0.05, 0.1) is 6.54 Å². The molecule has 0 aromatic heterocycles. The number of rotatable bonds is 4. The Kier molecular flexibility index (Phi) is 3.87. The molecule has 0 bridgehead atoms. The van der Waals surface area contributed by atoms with Crippen molar-refractivity contribution in [1.29, 1.82) is 0 Å². The van der Waals surface area contributed by atoms with Crippen LogP contribution in [0.5, 0.6) is 0 Å². The smallest absolute Gasteiger partial charge is 0.238 e. The van der Waals surface area contributed by atoms with Crippen LogP contribution in [0.25, 0.3) is 0 Å². The third-order valence-corrected chi connectivity index (χ3v) is 3.68. The predicted molar refractivity (Wildman–Crippen MR) is 73.2 cm³/mol. The molecule has 1 aromatic rings. The number of carbonyl (C=O) groups is 1. The summed E-state index contributed by atoms with van der Waals surface area (Å²) in [4.78, 5) is 13.8. The van der Waals surface area contributed by atoms with Crippen molar-refractivity contribution in [3.05, 3.63) is 30.1 Å². The van der Waals surface area contributed by atoms with Crippen LogP contribution in [0.4, 0.5) is 10.1 Å². The SMILES string of the molecule is CC(C)C1(N)CN(CC(=O)Nc2ccc(F)cc2)C1. The van der Waals surface area contributed by atoms with Crippen molar-refractivity contribution >= 4 is 11.6 Å². The van der Waals surface area contributed by atoms with Crippen molar-refractivity contribution in [1.82, 2.24) is 4.90 Å². The molecule has 0 aliphatic carbocycles. The molecule has 4 nitrogen and oxygen atoms in total. The molecule has 1 aliphatic heterocycles. The zero-order valence-corrected chi connectivity index (χ0v) is 11.3. The van der Waals surface area contributed by atoms with E-state index in [4.69, 9.17) is 5.73 Å². The average molecular weight is 265 g/mol. The first-order chi connectivity index (χ1) is 8.89. The number of anilines is 1. The fourth-order valence-corrected chi connectivity index (χ4v) is 2.20. The maximum atomic E-state index is 12.7. The third-order valence-electron chi connectivity index (χ3n) is 3.68. The minimum absolute atomic E-state index is 0.0996. The normalized spacial score (nSPS) is 18.2. The van der Waals surface area contributed by atoms with Crippen molar-refractivity contribution < 1.29 is 9.18 Å². The van der Waals surface area contributed by atoms with Crippen LogP contribution in [-0.4, -0.2) is 36.0 Å². The van der Waals surface area contributed by atoms with E-state index in [1.54, 1.807) is 12.1 Å². The highest BCUT2D eigenvalue weighted by Crippen LogP contribution is 2.25. The molecule has 1 aromatic carbocycles. The van der Waals surface area contributed by atoms with Gasteiger partial charge in [-0.3, -0.25) is 9.69 Å². The van der Waals surface area contributed by atoms with E-state index in [1.807, 2.05) is 4.90 Å². The van der Waals surface area contributed by atoms with Crippen LogP contribution in [-0.2, 0) is 4.79 Å². The van der Waals surface area contributed by atoms with Crippen molar-refractivity contribution in [3.8, 4) is 0 Å². The lowest BCUT2D eigenvalue weighted by Crippen LogP contribution is -2.70. The first kappa shape index (κ1) is 14.0. The molecular formula is C14H20FN3O. The summed E-state index contributed by atoms with van der Waals surface area (Å²) < 4.78 is 12.7. The van der Waals surface area contributed by atoms with Gasteiger partial charge in [-0.2, -0.15) is 0 Å². The number of likely N-dealkylation sites (tertiary alicyclic amines) is 1. The molecule has 1 saturated heterocycles. The van der Waals surface area contributed by atoms with Crippen LogP contribution < -0.4 is 11.1 Å². The van der Waals surface area contributed by atoms with Gasteiger partial charge in [0.15, 0.2) is 0 Å². The molecule has 104 valence electrons. The van der Waals surface area contributed by atoms with Gasteiger partial charge in [-0.25, -0.2) is 4.39 Å².